The van der Waals surface area contributed by atoms with Gasteiger partial charge in [-0.3, -0.25) is 0 Å². The molecule has 4 rings (SSSR count). The zero-order valence-electron chi connectivity index (χ0n) is 12.3. The Labute approximate surface area is 134 Å². The highest BCUT2D eigenvalue weighted by Crippen LogP contribution is 2.35. The minimum atomic E-state index is 0.765. The van der Waals surface area contributed by atoms with Crippen LogP contribution in [0.3, 0.4) is 0 Å². The van der Waals surface area contributed by atoms with Gasteiger partial charge in [0, 0.05) is 22.7 Å². The molecule has 0 aliphatic carbocycles. The van der Waals surface area contributed by atoms with E-state index in [9.17, 15) is 0 Å². The Bertz CT molecular complexity index is 837. The average molecular weight is 310 g/mol. The lowest BCUT2D eigenvalue weighted by Crippen LogP contribution is -2.05. The van der Waals surface area contributed by atoms with Crippen LogP contribution in [0.2, 0.25) is 5.02 Å². The van der Waals surface area contributed by atoms with E-state index < -0.39 is 0 Å². The minimum Gasteiger partial charge on any atom is -0.369 e. The molecular weight excluding hydrogens is 294 g/mol. The SMILES string of the molecule is Cc1c(Cl)cccc1-n1nc(-c2ccccc2)c2c1NCC2. The smallest absolute Gasteiger partial charge is 0.133 e. The third-order valence-electron chi connectivity index (χ3n) is 4.17. The average Bonchev–Trinajstić information content (AvgIpc) is 3.13. The van der Waals surface area contributed by atoms with Crippen LogP contribution in [0.25, 0.3) is 16.9 Å². The van der Waals surface area contributed by atoms with E-state index in [1.165, 1.54) is 5.56 Å². The summed E-state index contributed by atoms with van der Waals surface area (Å²) in [4.78, 5) is 0. The molecule has 0 fully saturated rings. The number of nitrogens with one attached hydrogen (secondary N) is 1. The van der Waals surface area contributed by atoms with Crippen molar-refractivity contribution in [2.75, 3.05) is 11.9 Å². The first kappa shape index (κ1) is 13.4. The van der Waals surface area contributed by atoms with Crippen LogP contribution in [0.1, 0.15) is 11.1 Å². The van der Waals surface area contributed by atoms with Crippen LogP contribution < -0.4 is 5.32 Å². The molecule has 0 unspecified atom stereocenters. The molecule has 0 saturated heterocycles. The normalized spacial score (nSPS) is 13.0. The molecular formula is C18H16ClN3. The molecule has 0 radical (unpaired) electrons. The van der Waals surface area contributed by atoms with E-state index in [-0.39, 0.29) is 0 Å². The van der Waals surface area contributed by atoms with E-state index in [0.717, 1.165) is 46.3 Å². The summed E-state index contributed by atoms with van der Waals surface area (Å²) in [5.74, 6) is 1.09. The second-order valence-corrected chi connectivity index (χ2v) is 5.92. The predicted molar refractivity (Wildman–Crippen MR) is 90.9 cm³/mol. The van der Waals surface area contributed by atoms with Crippen molar-refractivity contribution in [2.45, 2.75) is 13.3 Å². The molecule has 4 heteroatoms. The Kier molecular flexibility index (Phi) is 3.16. The van der Waals surface area contributed by atoms with Crippen molar-refractivity contribution in [3.63, 3.8) is 0 Å². The summed E-state index contributed by atoms with van der Waals surface area (Å²) < 4.78 is 1.99. The van der Waals surface area contributed by atoms with Gasteiger partial charge in [-0.1, -0.05) is 48.0 Å². The third-order valence-corrected chi connectivity index (χ3v) is 4.57. The largest absolute Gasteiger partial charge is 0.369 e. The molecule has 22 heavy (non-hydrogen) atoms. The van der Waals surface area contributed by atoms with Crippen LogP contribution in [-0.4, -0.2) is 16.3 Å². The maximum absolute atomic E-state index is 6.28. The number of halogens is 1. The van der Waals surface area contributed by atoms with Crippen LogP contribution in [0.4, 0.5) is 5.82 Å². The van der Waals surface area contributed by atoms with Crippen LogP contribution in [0.5, 0.6) is 0 Å². The molecule has 3 nitrogen and oxygen atoms in total. The van der Waals surface area contributed by atoms with Gasteiger partial charge in [-0.25, -0.2) is 4.68 Å². The number of nitrogens with zero attached hydrogens (tertiary/aromatic N) is 2. The van der Waals surface area contributed by atoms with E-state index >= 15 is 0 Å². The zero-order valence-corrected chi connectivity index (χ0v) is 13.1. The highest BCUT2D eigenvalue weighted by Gasteiger charge is 2.24. The van der Waals surface area contributed by atoms with Gasteiger partial charge in [0.05, 0.1) is 11.4 Å². The second kappa shape index (κ2) is 5.18. The summed E-state index contributed by atoms with van der Waals surface area (Å²) in [6.07, 6.45) is 0.999. The first-order valence-corrected chi connectivity index (χ1v) is 7.80. The van der Waals surface area contributed by atoms with Gasteiger partial charge < -0.3 is 5.32 Å². The number of rotatable bonds is 2. The summed E-state index contributed by atoms with van der Waals surface area (Å²) in [6, 6.07) is 16.3. The summed E-state index contributed by atoms with van der Waals surface area (Å²) in [7, 11) is 0. The van der Waals surface area contributed by atoms with Gasteiger partial charge in [0.15, 0.2) is 0 Å². The second-order valence-electron chi connectivity index (χ2n) is 5.51. The van der Waals surface area contributed by atoms with Gasteiger partial charge in [-0.15, -0.1) is 0 Å². The van der Waals surface area contributed by atoms with Crippen molar-refractivity contribution >= 4 is 17.4 Å². The molecule has 0 amide bonds. The number of fused-ring (bicyclic) bond motifs is 1. The molecule has 0 saturated carbocycles. The van der Waals surface area contributed by atoms with Crippen molar-refractivity contribution in [2.24, 2.45) is 0 Å². The first-order chi connectivity index (χ1) is 10.8. The van der Waals surface area contributed by atoms with Gasteiger partial charge in [-0.2, -0.15) is 5.10 Å². The Balaban J connectivity index is 1.94. The quantitative estimate of drug-likeness (QED) is 0.757. The highest BCUT2D eigenvalue weighted by molar-refractivity contribution is 6.31. The Morgan fingerprint density at radius 2 is 1.91 bits per heavy atom. The summed E-state index contributed by atoms with van der Waals surface area (Å²) in [5.41, 5.74) is 5.56. The van der Waals surface area contributed by atoms with Crippen molar-refractivity contribution in [1.82, 2.24) is 9.78 Å². The topological polar surface area (TPSA) is 29.9 Å². The lowest BCUT2D eigenvalue weighted by Gasteiger charge is -2.10. The number of aromatic nitrogens is 2. The molecule has 0 spiro atoms. The molecule has 1 aromatic heterocycles. The van der Waals surface area contributed by atoms with Crippen LogP contribution >= 0.6 is 11.6 Å². The number of hydrogen-bond acceptors (Lipinski definition) is 2. The molecule has 3 aromatic rings. The van der Waals surface area contributed by atoms with Crippen molar-refractivity contribution in [1.29, 1.82) is 0 Å². The fourth-order valence-corrected chi connectivity index (χ4v) is 3.17. The number of benzene rings is 2. The third kappa shape index (κ3) is 2.01. The maximum Gasteiger partial charge on any atom is 0.133 e. The fourth-order valence-electron chi connectivity index (χ4n) is 3.00. The lowest BCUT2D eigenvalue weighted by molar-refractivity contribution is 0.875. The van der Waals surface area contributed by atoms with E-state index in [0.29, 0.717) is 0 Å². The maximum atomic E-state index is 6.28. The van der Waals surface area contributed by atoms with Crippen LogP contribution in [-0.2, 0) is 6.42 Å². The van der Waals surface area contributed by atoms with E-state index in [4.69, 9.17) is 16.7 Å². The van der Waals surface area contributed by atoms with Gasteiger partial charge in [0.2, 0.25) is 0 Å². The van der Waals surface area contributed by atoms with Crippen molar-refractivity contribution in [3.05, 3.63) is 64.7 Å². The fraction of sp³-hybridized carbons (Fsp3) is 0.167. The van der Waals surface area contributed by atoms with Crippen molar-refractivity contribution in [3.8, 4) is 16.9 Å². The van der Waals surface area contributed by atoms with Crippen molar-refractivity contribution < 1.29 is 0 Å². The first-order valence-electron chi connectivity index (χ1n) is 7.42. The molecule has 1 aliphatic rings. The summed E-state index contributed by atoms with van der Waals surface area (Å²) in [5, 5.41) is 9.10. The Morgan fingerprint density at radius 3 is 2.73 bits per heavy atom. The predicted octanol–water partition coefficient (Wildman–Crippen LogP) is 4.47. The molecule has 110 valence electrons. The Hall–Kier alpha value is -2.26. The molecule has 1 aliphatic heterocycles. The molecule has 2 aromatic carbocycles. The van der Waals surface area contributed by atoms with Gasteiger partial charge >= 0.3 is 0 Å². The highest BCUT2D eigenvalue weighted by atomic mass is 35.5. The number of hydrogen-bond donors (Lipinski definition) is 1. The number of anilines is 1. The zero-order chi connectivity index (χ0) is 15.1. The van der Waals surface area contributed by atoms with Gasteiger partial charge in [-0.05, 0) is 31.0 Å². The minimum absolute atomic E-state index is 0.765. The standard InChI is InChI=1S/C18H16ClN3/c1-12-15(19)8-5-9-16(12)22-18-14(10-11-20-18)17(21-22)13-6-3-2-4-7-13/h2-9,20H,10-11H2,1H3. The van der Waals surface area contributed by atoms with Gasteiger partial charge in [0.1, 0.15) is 5.82 Å². The molecule has 2 heterocycles. The van der Waals surface area contributed by atoms with E-state index in [2.05, 4.69) is 23.5 Å². The summed E-state index contributed by atoms with van der Waals surface area (Å²) >= 11 is 6.28. The molecule has 0 atom stereocenters. The van der Waals surface area contributed by atoms with E-state index in [1.54, 1.807) is 0 Å². The molecule has 0 bridgehead atoms. The van der Waals surface area contributed by atoms with Crippen LogP contribution in [0.15, 0.2) is 48.5 Å². The molecule has 1 N–H and O–H groups in total. The lowest BCUT2D eigenvalue weighted by atomic mass is 10.1. The monoisotopic (exact) mass is 309 g/mol. The summed E-state index contributed by atoms with van der Waals surface area (Å²) in [6.45, 7) is 2.98. The van der Waals surface area contributed by atoms with E-state index in [1.807, 2.05) is 41.9 Å². The van der Waals surface area contributed by atoms with Gasteiger partial charge in [0.25, 0.3) is 0 Å². The Morgan fingerprint density at radius 1 is 1.09 bits per heavy atom. The van der Waals surface area contributed by atoms with Crippen LogP contribution in [0, 0.1) is 6.92 Å².